The van der Waals surface area contributed by atoms with Crippen LogP contribution >= 0.6 is 11.6 Å². The van der Waals surface area contributed by atoms with Gasteiger partial charge in [-0.1, -0.05) is 31.0 Å². The fraction of sp³-hybridized carbons (Fsp3) is 0.600. The van der Waals surface area contributed by atoms with Crippen molar-refractivity contribution in [3.05, 3.63) is 28.8 Å². The minimum atomic E-state index is -3.44. The maximum atomic E-state index is 12.7. The number of halogens is 1. The molecule has 118 valence electrons. The summed E-state index contributed by atoms with van der Waals surface area (Å²) in [5.74, 6) is 0. The van der Waals surface area contributed by atoms with E-state index in [1.807, 2.05) is 13.8 Å². The molecule has 1 aliphatic heterocycles. The molecule has 4 nitrogen and oxygen atoms in total. The van der Waals surface area contributed by atoms with Crippen LogP contribution < -0.4 is 5.32 Å². The van der Waals surface area contributed by atoms with E-state index in [4.69, 9.17) is 11.6 Å². The molecule has 0 radical (unpaired) electrons. The van der Waals surface area contributed by atoms with Crippen LogP contribution in [0.4, 0.5) is 0 Å². The average Bonchev–Trinajstić information content (AvgIpc) is 2.46. The van der Waals surface area contributed by atoms with Crippen molar-refractivity contribution in [2.24, 2.45) is 0 Å². The number of nitrogens with one attached hydrogen (secondary N) is 1. The number of sulfonamides is 1. The van der Waals surface area contributed by atoms with Gasteiger partial charge >= 0.3 is 0 Å². The number of rotatable bonds is 5. The highest BCUT2D eigenvalue weighted by atomic mass is 35.5. The minimum Gasteiger partial charge on any atom is -0.313 e. The first-order valence-electron chi connectivity index (χ1n) is 7.47. The summed E-state index contributed by atoms with van der Waals surface area (Å²) in [4.78, 5) is 0.293. The van der Waals surface area contributed by atoms with Crippen LogP contribution in [0.3, 0.4) is 0 Å². The first kappa shape index (κ1) is 16.7. The third-order valence-electron chi connectivity index (χ3n) is 3.94. The maximum absolute atomic E-state index is 12.7. The normalized spacial score (nSPS) is 20.6. The van der Waals surface area contributed by atoms with Crippen LogP contribution in [-0.4, -0.2) is 31.9 Å². The van der Waals surface area contributed by atoms with Crippen LogP contribution in [0.2, 0.25) is 5.02 Å². The zero-order valence-electron chi connectivity index (χ0n) is 12.6. The lowest BCUT2D eigenvalue weighted by Gasteiger charge is -2.32. The van der Waals surface area contributed by atoms with E-state index in [1.165, 1.54) is 0 Å². The van der Waals surface area contributed by atoms with Crippen LogP contribution in [0.5, 0.6) is 0 Å². The van der Waals surface area contributed by atoms with Gasteiger partial charge < -0.3 is 5.32 Å². The molecule has 0 bridgehead atoms. The Hall–Kier alpha value is -0.620. The van der Waals surface area contributed by atoms with E-state index in [0.717, 1.165) is 31.4 Å². The molecular weight excluding hydrogens is 308 g/mol. The molecule has 21 heavy (non-hydrogen) atoms. The Kier molecular flexibility index (Phi) is 5.66. The van der Waals surface area contributed by atoms with Crippen molar-refractivity contribution in [3.63, 3.8) is 0 Å². The monoisotopic (exact) mass is 330 g/mol. The van der Waals surface area contributed by atoms with Crippen molar-refractivity contribution >= 4 is 21.6 Å². The Balaban J connectivity index is 2.26. The standard InChI is InChI=1S/C15H23ClN2O2S/c1-3-17-11-13-7-8-14(10-15(13)16)21(19,20)18-9-5-4-6-12(18)2/h7-8,10,12,17H,3-6,9,11H2,1-2H3. The molecule has 1 saturated heterocycles. The molecular formula is C15H23ClN2O2S. The Bertz CT molecular complexity index is 589. The van der Waals surface area contributed by atoms with Gasteiger partial charge in [-0.05, 0) is 44.0 Å². The third-order valence-corrected chi connectivity index (χ3v) is 6.30. The second-order valence-electron chi connectivity index (χ2n) is 5.49. The van der Waals surface area contributed by atoms with E-state index in [0.29, 0.717) is 23.0 Å². The zero-order valence-corrected chi connectivity index (χ0v) is 14.2. The molecule has 1 aliphatic rings. The molecule has 1 fully saturated rings. The summed E-state index contributed by atoms with van der Waals surface area (Å²) in [7, 11) is -3.44. The van der Waals surface area contributed by atoms with Crippen molar-refractivity contribution in [1.82, 2.24) is 9.62 Å². The average molecular weight is 331 g/mol. The lowest BCUT2D eigenvalue weighted by atomic mass is 10.1. The second-order valence-corrected chi connectivity index (χ2v) is 7.79. The summed E-state index contributed by atoms with van der Waals surface area (Å²) in [5.41, 5.74) is 0.921. The van der Waals surface area contributed by atoms with Crippen molar-refractivity contribution in [2.45, 2.75) is 50.6 Å². The van der Waals surface area contributed by atoms with Crippen LogP contribution in [0.1, 0.15) is 38.7 Å². The van der Waals surface area contributed by atoms with Crippen LogP contribution in [0.15, 0.2) is 23.1 Å². The van der Waals surface area contributed by atoms with E-state index < -0.39 is 10.0 Å². The van der Waals surface area contributed by atoms with Crippen molar-refractivity contribution in [2.75, 3.05) is 13.1 Å². The fourth-order valence-electron chi connectivity index (χ4n) is 2.66. The van der Waals surface area contributed by atoms with Gasteiger partial charge in [-0.2, -0.15) is 4.31 Å². The molecule has 6 heteroatoms. The predicted molar refractivity (Wildman–Crippen MR) is 86.0 cm³/mol. The highest BCUT2D eigenvalue weighted by molar-refractivity contribution is 7.89. The number of nitrogens with zero attached hydrogens (tertiary/aromatic N) is 1. The van der Waals surface area contributed by atoms with Crippen LogP contribution in [0.25, 0.3) is 0 Å². The third kappa shape index (κ3) is 3.77. The molecule has 0 aromatic heterocycles. The summed E-state index contributed by atoms with van der Waals surface area (Å²) >= 11 is 6.22. The molecule has 1 aromatic rings. The second kappa shape index (κ2) is 7.09. The Morgan fingerprint density at radius 2 is 2.14 bits per heavy atom. The van der Waals surface area contributed by atoms with Crippen LogP contribution in [-0.2, 0) is 16.6 Å². The van der Waals surface area contributed by atoms with Crippen LogP contribution in [0, 0.1) is 0 Å². The molecule has 0 spiro atoms. The summed E-state index contributed by atoms with van der Waals surface area (Å²) < 4.78 is 27.1. The van der Waals surface area contributed by atoms with Gasteiger partial charge in [0.15, 0.2) is 0 Å². The van der Waals surface area contributed by atoms with Crippen molar-refractivity contribution in [1.29, 1.82) is 0 Å². The summed E-state index contributed by atoms with van der Waals surface area (Å²) in [5, 5.41) is 3.69. The zero-order chi connectivity index (χ0) is 15.5. The number of benzene rings is 1. The highest BCUT2D eigenvalue weighted by Gasteiger charge is 2.31. The Labute approximate surface area is 132 Å². The minimum absolute atomic E-state index is 0.0592. The number of piperidine rings is 1. The summed E-state index contributed by atoms with van der Waals surface area (Å²) in [6.45, 7) is 6.08. The van der Waals surface area contributed by atoms with Gasteiger partial charge in [0.2, 0.25) is 10.0 Å². The molecule has 1 N–H and O–H groups in total. The smallest absolute Gasteiger partial charge is 0.243 e. The van der Waals surface area contributed by atoms with Gasteiger partial charge in [0.25, 0.3) is 0 Å². The molecule has 1 aromatic carbocycles. The lowest BCUT2D eigenvalue weighted by Crippen LogP contribution is -2.41. The summed E-state index contributed by atoms with van der Waals surface area (Å²) in [6.07, 6.45) is 2.94. The lowest BCUT2D eigenvalue weighted by molar-refractivity contribution is 0.268. The van der Waals surface area contributed by atoms with Crippen molar-refractivity contribution < 1.29 is 8.42 Å². The van der Waals surface area contributed by atoms with E-state index in [9.17, 15) is 8.42 Å². The first-order chi connectivity index (χ1) is 9.96. The highest BCUT2D eigenvalue weighted by Crippen LogP contribution is 2.27. The van der Waals surface area contributed by atoms with Gasteiger partial charge in [0, 0.05) is 24.2 Å². The molecule has 0 aliphatic carbocycles. The van der Waals surface area contributed by atoms with Gasteiger partial charge in [0.05, 0.1) is 4.90 Å². The molecule has 0 saturated carbocycles. The number of hydrogen-bond donors (Lipinski definition) is 1. The fourth-order valence-corrected chi connectivity index (χ4v) is 4.69. The Morgan fingerprint density at radius 3 is 2.76 bits per heavy atom. The van der Waals surface area contributed by atoms with Crippen molar-refractivity contribution in [3.8, 4) is 0 Å². The van der Waals surface area contributed by atoms with E-state index in [-0.39, 0.29) is 6.04 Å². The molecule has 0 amide bonds. The SMILES string of the molecule is CCNCc1ccc(S(=O)(=O)N2CCCCC2C)cc1Cl. The van der Waals surface area contributed by atoms with Gasteiger partial charge in [-0.3, -0.25) is 0 Å². The van der Waals surface area contributed by atoms with E-state index in [2.05, 4.69) is 5.32 Å². The predicted octanol–water partition coefficient (Wildman–Crippen LogP) is 3.01. The molecule has 1 heterocycles. The molecule has 2 rings (SSSR count). The molecule has 1 unspecified atom stereocenters. The number of hydrogen-bond acceptors (Lipinski definition) is 3. The summed E-state index contributed by atoms with van der Waals surface area (Å²) in [6, 6.07) is 5.09. The maximum Gasteiger partial charge on any atom is 0.243 e. The topological polar surface area (TPSA) is 49.4 Å². The van der Waals surface area contributed by atoms with Gasteiger partial charge in [-0.15, -0.1) is 0 Å². The van der Waals surface area contributed by atoms with Gasteiger partial charge in [-0.25, -0.2) is 8.42 Å². The van der Waals surface area contributed by atoms with Gasteiger partial charge in [0.1, 0.15) is 0 Å². The largest absolute Gasteiger partial charge is 0.313 e. The van der Waals surface area contributed by atoms with E-state index >= 15 is 0 Å². The first-order valence-corrected chi connectivity index (χ1v) is 9.29. The molecule has 1 atom stereocenters. The van der Waals surface area contributed by atoms with E-state index in [1.54, 1.807) is 22.5 Å². The quantitative estimate of drug-likeness (QED) is 0.902. The Morgan fingerprint density at radius 1 is 1.38 bits per heavy atom.